The standard InChI is InChI=1S/C60H40N2S/c1-60(47-23-9-4-10-24-47)53-29-13-11-25-49(53)52-37-43(31-32-54(52)60)41-21-15-22-42(33-41)44-34-45(48-27-16-28-51-50-26-12-14-30-57(50)63-58(48)51)36-46(35-44)56-38-55(39-17-5-2-6-18-39)61-59(62-56)40-19-7-3-8-20-40/h2-38H,1H3. The van der Waals surface area contributed by atoms with Gasteiger partial charge in [-0.3, -0.25) is 0 Å². The molecule has 1 unspecified atom stereocenters. The van der Waals surface area contributed by atoms with Crippen LogP contribution in [0.1, 0.15) is 23.6 Å². The Balaban J connectivity index is 1.04. The Morgan fingerprint density at radius 3 is 1.70 bits per heavy atom. The Labute approximate surface area is 371 Å². The minimum atomic E-state index is -0.233. The highest BCUT2D eigenvalue weighted by Crippen LogP contribution is 2.53. The Morgan fingerprint density at radius 1 is 0.349 bits per heavy atom. The molecule has 9 aromatic carbocycles. The average Bonchev–Trinajstić information content (AvgIpc) is 3.87. The zero-order valence-electron chi connectivity index (χ0n) is 34.7. The molecule has 2 nitrogen and oxygen atoms in total. The summed E-state index contributed by atoms with van der Waals surface area (Å²) in [6.07, 6.45) is 0. The fourth-order valence-electron chi connectivity index (χ4n) is 9.78. The molecule has 0 saturated heterocycles. The van der Waals surface area contributed by atoms with E-state index in [4.69, 9.17) is 9.97 Å². The zero-order chi connectivity index (χ0) is 41.9. The van der Waals surface area contributed by atoms with E-state index in [1.165, 1.54) is 64.7 Å². The molecule has 296 valence electrons. The minimum absolute atomic E-state index is 0.233. The fraction of sp³-hybridized carbons (Fsp3) is 0.0333. The van der Waals surface area contributed by atoms with Crippen molar-refractivity contribution in [3.05, 3.63) is 241 Å². The molecule has 1 atom stereocenters. The maximum absolute atomic E-state index is 5.31. The number of hydrogen-bond acceptors (Lipinski definition) is 3. The van der Waals surface area contributed by atoms with Crippen LogP contribution >= 0.6 is 11.3 Å². The van der Waals surface area contributed by atoms with E-state index in [9.17, 15) is 0 Å². The van der Waals surface area contributed by atoms with Crippen molar-refractivity contribution in [2.45, 2.75) is 12.3 Å². The van der Waals surface area contributed by atoms with Gasteiger partial charge in [0, 0.05) is 42.3 Å². The first kappa shape index (κ1) is 37.1. The van der Waals surface area contributed by atoms with Gasteiger partial charge in [0.1, 0.15) is 0 Å². The molecule has 0 bridgehead atoms. The van der Waals surface area contributed by atoms with Gasteiger partial charge in [0.25, 0.3) is 0 Å². The van der Waals surface area contributed by atoms with Crippen LogP contribution in [0.4, 0.5) is 0 Å². The van der Waals surface area contributed by atoms with Gasteiger partial charge in [0.2, 0.25) is 0 Å². The highest BCUT2D eigenvalue weighted by atomic mass is 32.1. The van der Waals surface area contributed by atoms with Crippen molar-refractivity contribution in [2.75, 3.05) is 0 Å². The summed E-state index contributed by atoms with van der Waals surface area (Å²) in [5, 5.41) is 2.57. The summed E-state index contributed by atoms with van der Waals surface area (Å²) in [4.78, 5) is 10.4. The third-order valence-electron chi connectivity index (χ3n) is 13.0. The van der Waals surface area contributed by atoms with Crippen molar-refractivity contribution in [1.29, 1.82) is 0 Å². The van der Waals surface area contributed by atoms with Crippen molar-refractivity contribution in [3.8, 4) is 78.4 Å². The summed E-state index contributed by atoms with van der Waals surface area (Å²) in [5.74, 6) is 0.703. The fourth-order valence-corrected chi connectivity index (χ4v) is 11.0. The van der Waals surface area contributed by atoms with E-state index >= 15 is 0 Å². The molecular formula is C60H40N2S. The van der Waals surface area contributed by atoms with Crippen LogP contribution in [-0.4, -0.2) is 9.97 Å². The van der Waals surface area contributed by atoms with Gasteiger partial charge < -0.3 is 0 Å². The van der Waals surface area contributed by atoms with Crippen molar-refractivity contribution < 1.29 is 0 Å². The molecule has 2 aromatic heterocycles. The molecule has 2 heterocycles. The van der Waals surface area contributed by atoms with Crippen LogP contribution in [0, 0.1) is 0 Å². The van der Waals surface area contributed by atoms with Gasteiger partial charge in [0.15, 0.2) is 5.82 Å². The summed E-state index contributed by atoms with van der Waals surface area (Å²) in [6, 6.07) is 81.3. The van der Waals surface area contributed by atoms with E-state index in [2.05, 4.69) is 207 Å². The zero-order valence-corrected chi connectivity index (χ0v) is 35.5. The molecule has 0 amide bonds. The lowest BCUT2D eigenvalue weighted by molar-refractivity contribution is 0.714. The van der Waals surface area contributed by atoms with Gasteiger partial charge in [-0.1, -0.05) is 182 Å². The van der Waals surface area contributed by atoms with Crippen LogP contribution in [-0.2, 0) is 5.41 Å². The maximum atomic E-state index is 5.31. The number of aromatic nitrogens is 2. The molecule has 0 fully saturated rings. The number of fused-ring (bicyclic) bond motifs is 6. The first-order valence-electron chi connectivity index (χ1n) is 21.6. The second kappa shape index (κ2) is 15.0. The van der Waals surface area contributed by atoms with Crippen molar-refractivity contribution in [2.24, 2.45) is 0 Å². The predicted octanol–water partition coefficient (Wildman–Crippen LogP) is 16.2. The van der Waals surface area contributed by atoms with Crippen LogP contribution < -0.4 is 0 Å². The van der Waals surface area contributed by atoms with Gasteiger partial charge in [-0.15, -0.1) is 11.3 Å². The summed E-state index contributed by atoms with van der Waals surface area (Å²) >= 11 is 1.86. The number of hydrogen-bond donors (Lipinski definition) is 0. The largest absolute Gasteiger partial charge is 0.228 e. The van der Waals surface area contributed by atoms with E-state index in [1.54, 1.807) is 0 Å². The smallest absolute Gasteiger partial charge is 0.160 e. The normalized spacial score (nSPS) is 14.2. The van der Waals surface area contributed by atoms with Crippen molar-refractivity contribution in [1.82, 2.24) is 9.97 Å². The average molecular weight is 821 g/mol. The van der Waals surface area contributed by atoms with Gasteiger partial charge in [-0.2, -0.15) is 0 Å². The summed E-state index contributed by atoms with van der Waals surface area (Å²) in [6.45, 7) is 2.38. The van der Waals surface area contributed by atoms with E-state index in [0.29, 0.717) is 5.82 Å². The summed E-state index contributed by atoms with van der Waals surface area (Å²) < 4.78 is 2.58. The van der Waals surface area contributed by atoms with Crippen LogP contribution in [0.3, 0.4) is 0 Å². The SMILES string of the molecule is CC1(c2ccccc2)c2ccccc2-c2cc(-c3cccc(-c4cc(-c5cc(-c6ccccc6)nc(-c6ccccc6)n5)cc(-c5cccc6c5sc5ccccc56)c4)c3)ccc21. The first-order valence-corrected chi connectivity index (χ1v) is 22.4. The molecule has 0 saturated carbocycles. The predicted molar refractivity (Wildman–Crippen MR) is 265 cm³/mol. The Morgan fingerprint density at radius 2 is 0.889 bits per heavy atom. The molecule has 0 N–H and O–H groups in total. The molecule has 12 rings (SSSR count). The maximum Gasteiger partial charge on any atom is 0.160 e. The molecule has 0 radical (unpaired) electrons. The molecule has 1 aliphatic rings. The van der Waals surface area contributed by atoms with Gasteiger partial charge in [-0.25, -0.2) is 9.97 Å². The van der Waals surface area contributed by atoms with Crippen molar-refractivity contribution >= 4 is 31.5 Å². The van der Waals surface area contributed by atoms with E-state index in [-0.39, 0.29) is 5.41 Å². The highest BCUT2D eigenvalue weighted by Gasteiger charge is 2.40. The van der Waals surface area contributed by atoms with Gasteiger partial charge in [-0.05, 0) is 111 Å². The number of nitrogens with zero attached hydrogens (tertiary/aromatic N) is 2. The Kier molecular flexibility index (Phi) is 8.84. The van der Waals surface area contributed by atoms with E-state index in [0.717, 1.165) is 44.8 Å². The molecule has 63 heavy (non-hydrogen) atoms. The highest BCUT2D eigenvalue weighted by molar-refractivity contribution is 7.26. The third kappa shape index (κ3) is 6.31. The van der Waals surface area contributed by atoms with E-state index in [1.807, 2.05) is 35.6 Å². The molecule has 0 aliphatic heterocycles. The number of thiophene rings is 1. The van der Waals surface area contributed by atoms with E-state index < -0.39 is 0 Å². The lowest BCUT2D eigenvalue weighted by atomic mass is 9.74. The molecule has 11 aromatic rings. The van der Waals surface area contributed by atoms with Crippen molar-refractivity contribution in [3.63, 3.8) is 0 Å². The Hall–Kier alpha value is -7.72. The first-order chi connectivity index (χ1) is 31.1. The summed E-state index contributed by atoms with van der Waals surface area (Å²) in [5.41, 5.74) is 18.2. The second-order valence-electron chi connectivity index (χ2n) is 16.7. The Bertz CT molecular complexity index is 3460. The third-order valence-corrected chi connectivity index (χ3v) is 14.2. The number of rotatable bonds is 7. The lowest BCUT2D eigenvalue weighted by Gasteiger charge is -2.28. The number of benzene rings is 9. The topological polar surface area (TPSA) is 25.8 Å². The summed E-state index contributed by atoms with van der Waals surface area (Å²) in [7, 11) is 0. The molecule has 0 spiro atoms. The monoisotopic (exact) mass is 820 g/mol. The van der Waals surface area contributed by atoms with Crippen LogP contribution in [0.15, 0.2) is 224 Å². The second-order valence-corrected chi connectivity index (χ2v) is 17.7. The van der Waals surface area contributed by atoms with Crippen LogP contribution in [0.5, 0.6) is 0 Å². The molecule has 1 aliphatic carbocycles. The van der Waals surface area contributed by atoms with Gasteiger partial charge in [0.05, 0.1) is 11.4 Å². The van der Waals surface area contributed by atoms with Crippen LogP contribution in [0.25, 0.3) is 98.6 Å². The minimum Gasteiger partial charge on any atom is -0.228 e. The molecular weight excluding hydrogens is 781 g/mol. The lowest BCUT2D eigenvalue weighted by Crippen LogP contribution is -2.22. The quantitative estimate of drug-likeness (QED) is 0.160. The van der Waals surface area contributed by atoms with Gasteiger partial charge >= 0.3 is 0 Å². The van der Waals surface area contributed by atoms with Crippen LogP contribution in [0.2, 0.25) is 0 Å². The molecule has 3 heteroatoms.